The normalized spacial score (nSPS) is 13.1. The number of nitro groups is 1. The van der Waals surface area contributed by atoms with Gasteiger partial charge in [0.15, 0.2) is 16.3 Å². The van der Waals surface area contributed by atoms with E-state index in [-0.39, 0.29) is 16.4 Å². The van der Waals surface area contributed by atoms with Crippen LogP contribution in [0.3, 0.4) is 0 Å². The average molecular weight is 489 g/mol. The van der Waals surface area contributed by atoms with E-state index in [9.17, 15) is 14.9 Å². The third-order valence-corrected chi connectivity index (χ3v) is 5.84. The van der Waals surface area contributed by atoms with Crippen molar-refractivity contribution in [1.29, 1.82) is 0 Å². The standard InChI is InChI=1S/C24H20N6O4S/c31-22(15-8-9-18(19(14-15)30(32)33)29-11-1-2-12-29)28-24(35)26-17-6-3-5-16(13-17)23-27-21-20(34-23)7-4-10-25-21/h3-10,13-14H,1-2,11-12H2,(H2,26,28,31,35). The number of benzene rings is 2. The Labute approximate surface area is 205 Å². The van der Waals surface area contributed by atoms with Crippen LogP contribution in [0.15, 0.2) is 65.2 Å². The van der Waals surface area contributed by atoms with Crippen LogP contribution in [0.1, 0.15) is 23.2 Å². The van der Waals surface area contributed by atoms with Crippen LogP contribution >= 0.6 is 12.2 Å². The largest absolute Gasteiger partial charge is 0.434 e. The van der Waals surface area contributed by atoms with Crippen LogP contribution in [0.5, 0.6) is 0 Å². The zero-order chi connectivity index (χ0) is 24.4. The first kappa shape index (κ1) is 22.4. The van der Waals surface area contributed by atoms with Gasteiger partial charge in [0.25, 0.3) is 11.6 Å². The van der Waals surface area contributed by atoms with E-state index in [1.54, 1.807) is 48.7 Å². The molecule has 1 amide bonds. The van der Waals surface area contributed by atoms with E-state index in [1.165, 1.54) is 6.07 Å². The summed E-state index contributed by atoms with van der Waals surface area (Å²) >= 11 is 5.29. The van der Waals surface area contributed by atoms with Gasteiger partial charge in [-0.3, -0.25) is 20.2 Å². The maximum atomic E-state index is 12.7. The molecule has 2 N–H and O–H groups in total. The van der Waals surface area contributed by atoms with Crippen LogP contribution in [0.25, 0.3) is 22.7 Å². The molecule has 4 aromatic rings. The number of nitro benzene ring substituents is 1. The summed E-state index contributed by atoms with van der Waals surface area (Å²) in [5.41, 5.74) is 2.97. The van der Waals surface area contributed by atoms with E-state index >= 15 is 0 Å². The minimum atomic E-state index is -0.542. The van der Waals surface area contributed by atoms with Gasteiger partial charge in [0.05, 0.1) is 4.92 Å². The van der Waals surface area contributed by atoms with E-state index in [1.807, 2.05) is 11.0 Å². The molecule has 35 heavy (non-hydrogen) atoms. The first-order valence-corrected chi connectivity index (χ1v) is 11.4. The second-order valence-electron chi connectivity index (χ2n) is 7.99. The maximum absolute atomic E-state index is 12.7. The molecule has 0 bridgehead atoms. The number of nitrogens with one attached hydrogen (secondary N) is 2. The Morgan fingerprint density at radius 2 is 1.94 bits per heavy atom. The lowest BCUT2D eigenvalue weighted by Crippen LogP contribution is -2.34. The van der Waals surface area contributed by atoms with Crippen molar-refractivity contribution in [2.24, 2.45) is 0 Å². The highest BCUT2D eigenvalue weighted by Crippen LogP contribution is 2.31. The molecule has 0 saturated carbocycles. The van der Waals surface area contributed by atoms with Gasteiger partial charge in [-0.25, -0.2) is 4.98 Å². The van der Waals surface area contributed by atoms with Gasteiger partial charge in [-0.05, 0) is 67.5 Å². The first-order valence-electron chi connectivity index (χ1n) is 11.0. The first-order chi connectivity index (χ1) is 17.0. The molecule has 1 aliphatic rings. The smallest absolute Gasteiger partial charge is 0.293 e. The summed E-state index contributed by atoms with van der Waals surface area (Å²) in [6, 6.07) is 15.2. The fourth-order valence-corrected chi connectivity index (χ4v) is 4.21. The fourth-order valence-electron chi connectivity index (χ4n) is 4.00. The van der Waals surface area contributed by atoms with Crippen molar-refractivity contribution < 1.29 is 14.1 Å². The fraction of sp³-hybridized carbons (Fsp3) is 0.167. The van der Waals surface area contributed by atoms with Crippen molar-refractivity contribution in [1.82, 2.24) is 15.3 Å². The number of carbonyl (C=O) groups is 1. The van der Waals surface area contributed by atoms with Crippen molar-refractivity contribution in [3.8, 4) is 11.5 Å². The summed E-state index contributed by atoms with van der Waals surface area (Å²) in [7, 11) is 0. The third-order valence-electron chi connectivity index (χ3n) is 5.64. The number of fused-ring (bicyclic) bond motifs is 1. The number of rotatable bonds is 5. The van der Waals surface area contributed by atoms with Gasteiger partial charge in [-0.1, -0.05) is 6.07 Å². The molecule has 0 spiro atoms. The molecule has 2 aromatic carbocycles. The Hall–Kier alpha value is -4.38. The molecular formula is C24H20N6O4S. The van der Waals surface area contributed by atoms with Crippen LogP contribution in [0, 0.1) is 10.1 Å². The summed E-state index contributed by atoms with van der Waals surface area (Å²) in [5, 5.41) is 17.2. The lowest BCUT2D eigenvalue weighted by atomic mass is 10.1. The topological polar surface area (TPSA) is 126 Å². The van der Waals surface area contributed by atoms with Gasteiger partial charge in [0.1, 0.15) is 5.69 Å². The minimum absolute atomic E-state index is 0.0534. The van der Waals surface area contributed by atoms with E-state index in [4.69, 9.17) is 16.6 Å². The monoisotopic (exact) mass is 488 g/mol. The van der Waals surface area contributed by atoms with E-state index < -0.39 is 10.8 Å². The highest BCUT2D eigenvalue weighted by molar-refractivity contribution is 7.80. The second kappa shape index (κ2) is 9.47. The number of oxazole rings is 1. The number of amides is 1. The van der Waals surface area contributed by atoms with Crippen LogP contribution in [0.4, 0.5) is 17.1 Å². The highest BCUT2D eigenvalue weighted by Gasteiger charge is 2.24. The Bertz CT molecular complexity index is 1410. The molecule has 0 unspecified atom stereocenters. The zero-order valence-corrected chi connectivity index (χ0v) is 19.2. The Morgan fingerprint density at radius 3 is 2.71 bits per heavy atom. The van der Waals surface area contributed by atoms with Crippen LogP contribution in [0.2, 0.25) is 0 Å². The Morgan fingerprint density at radius 1 is 1.11 bits per heavy atom. The summed E-state index contributed by atoms with van der Waals surface area (Å²) in [4.78, 5) is 34.4. The molecule has 0 radical (unpaired) electrons. The zero-order valence-electron chi connectivity index (χ0n) is 18.4. The third kappa shape index (κ3) is 4.80. The number of hydrogen-bond acceptors (Lipinski definition) is 8. The number of hydrogen-bond donors (Lipinski definition) is 2. The van der Waals surface area contributed by atoms with Crippen molar-refractivity contribution in [3.05, 3.63) is 76.5 Å². The molecule has 3 heterocycles. The number of nitrogens with zero attached hydrogens (tertiary/aromatic N) is 4. The number of thiocarbonyl (C=S) groups is 1. The molecule has 1 aliphatic heterocycles. The maximum Gasteiger partial charge on any atom is 0.293 e. The van der Waals surface area contributed by atoms with Gasteiger partial charge >= 0.3 is 0 Å². The lowest BCUT2D eigenvalue weighted by Gasteiger charge is -2.18. The molecule has 176 valence electrons. The van der Waals surface area contributed by atoms with Crippen LogP contribution < -0.4 is 15.5 Å². The van der Waals surface area contributed by atoms with Gasteiger partial charge in [0.2, 0.25) is 5.89 Å². The van der Waals surface area contributed by atoms with Crippen molar-refractivity contribution in [2.45, 2.75) is 12.8 Å². The van der Waals surface area contributed by atoms with Crippen LogP contribution in [-0.2, 0) is 0 Å². The molecular weight excluding hydrogens is 468 g/mol. The molecule has 1 saturated heterocycles. The SMILES string of the molecule is O=C(NC(=S)Nc1cccc(-c2nc3ncccc3o2)c1)c1ccc(N2CCCC2)c([N+](=O)[O-])c1. The summed E-state index contributed by atoms with van der Waals surface area (Å²) in [5.74, 6) is -0.137. The molecule has 1 fully saturated rings. The number of pyridine rings is 1. The Kier molecular flexibility index (Phi) is 6.06. The van der Waals surface area contributed by atoms with E-state index in [0.717, 1.165) is 25.9 Å². The van der Waals surface area contributed by atoms with Crippen molar-refractivity contribution >= 4 is 51.5 Å². The lowest BCUT2D eigenvalue weighted by molar-refractivity contribution is -0.384. The highest BCUT2D eigenvalue weighted by atomic mass is 32.1. The van der Waals surface area contributed by atoms with Crippen molar-refractivity contribution in [3.63, 3.8) is 0 Å². The number of anilines is 2. The molecule has 0 aliphatic carbocycles. The second-order valence-corrected chi connectivity index (χ2v) is 8.40. The summed E-state index contributed by atoms with van der Waals surface area (Å²) in [6.45, 7) is 1.53. The average Bonchev–Trinajstić information content (AvgIpc) is 3.54. The molecule has 11 heteroatoms. The predicted octanol–water partition coefficient (Wildman–Crippen LogP) is 4.53. The number of carbonyl (C=O) groups excluding carboxylic acids is 1. The van der Waals surface area contributed by atoms with Gasteiger partial charge < -0.3 is 14.6 Å². The minimum Gasteiger partial charge on any atom is -0.434 e. The van der Waals surface area contributed by atoms with Gasteiger partial charge in [-0.2, -0.15) is 4.98 Å². The van der Waals surface area contributed by atoms with Gasteiger partial charge in [-0.15, -0.1) is 0 Å². The molecule has 10 nitrogen and oxygen atoms in total. The van der Waals surface area contributed by atoms with E-state index in [0.29, 0.717) is 34.1 Å². The number of aromatic nitrogens is 2. The Balaban J connectivity index is 1.29. The van der Waals surface area contributed by atoms with Gasteiger partial charge in [0, 0.05) is 42.2 Å². The molecule has 0 atom stereocenters. The molecule has 2 aromatic heterocycles. The summed E-state index contributed by atoms with van der Waals surface area (Å²) in [6.07, 6.45) is 3.62. The predicted molar refractivity (Wildman–Crippen MR) is 135 cm³/mol. The van der Waals surface area contributed by atoms with E-state index in [2.05, 4.69) is 20.6 Å². The quantitative estimate of drug-likeness (QED) is 0.237. The molecule has 5 rings (SSSR count). The van der Waals surface area contributed by atoms with Crippen LogP contribution in [-0.4, -0.2) is 39.0 Å². The van der Waals surface area contributed by atoms with Crippen molar-refractivity contribution in [2.75, 3.05) is 23.3 Å². The summed E-state index contributed by atoms with van der Waals surface area (Å²) < 4.78 is 5.75.